The van der Waals surface area contributed by atoms with Crippen LogP contribution >= 0.6 is 24.0 Å². The Kier molecular flexibility index (Phi) is 9.20. The zero-order chi connectivity index (χ0) is 16.7. The van der Waals surface area contributed by atoms with Crippen molar-refractivity contribution in [3.63, 3.8) is 0 Å². The van der Waals surface area contributed by atoms with Crippen LogP contribution in [0.4, 0.5) is 0 Å². The summed E-state index contributed by atoms with van der Waals surface area (Å²) in [6.45, 7) is 5.83. The van der Waals surface area contributed by atoms with Gasteiger partial charge in [0, 0.05) is 38.2 Å². The summed E-state index contributed by atoms with van der Waals surface area (Å²) in [5.41, 5.74) is 0.748. The van der Waals surface area contributed by atoms with Crippen LogP contribution in [-0.2, 0) is 11.3 Å². The summed E-state index contributed by atoms with van der Waals surface area (Å²) in [7, 11) is 3.65. The SMILES string of the molecule is CCNC(=NCc1cc(OC)ccc1O)N(C)CC1CCOC1.I. The van der Waals surface area contributed by atoms with Gasteiger partial charge in [-0.2, -0.15) is 0 Å². The Morgan fingerprint density at radius 2 is 2.29 bits per heavy atom. The molecule has 136 valence electrons. The molecular weight excluding hydrogens is 421 g/mol. The first-order valence-corrected chi connectivity index (χ1v) is 8.07. The molecule has 1 aromatic rings. The Bertz CT molecular complexity index is 534. The quantitative estimate of drug-likeness (QED) is 0.397. The predicted octanol–water partition coefficient (Wildman–Crippen LogP) is 2.45. The summed E-state index contributed by atoms with van der Waals surface area (Å²) < 4.78 is 10.6. The molecule has 0 bridgehead atoms. The summed E-state index contributed by atoms with van der Waals surface area (Å²) in [6, 6.07) is 5.18. The number of hydrogen-bond acceptors (Lipinski definition) is 4. The van der Waals surface area contributed by atoms with Gasteiger partial charge < -0.3 is 24.8 Å². The topological polar surface area (TPSA) is 66.3 Å². The highest BCUT2D eigenvalue weighted by Gasteiger charge is 2.19. The van der Waals surface area contributed by atoms with Gasteiger partial charge >= 0.3 is 0 Å². The van der Waals surface area contributed by atoms with Crippen molar-refractivity contribution >= 4 is 29.9 Å². The minimum atomic E-state index is 0. The van der Waals surface area contributed by atoms with E-state index in [2.05, 4.69) is 15.2 Å². The Labute approximate surface area is 161 Å². The molecule has 1 aromatic carbocycles. The third-order valence-corrected chi connectivity index (χ3v) is 3.94. The second-order valence-electron chi connectivity index (χ2n) is 5.77. The van der Waals surface area contributed by atoms with Crippen LogP contribution in [0.2, 0.25) is 0 Å². The lowest BCUT2D eigenvalue weighted by molar-refractivity contribution is 0.181. The number of benzene rings is 1. The number of hydrogen-bond donors (Lipinski definition) is 2. The van der Waals surface area contributed by atoms with Crippen LogP contribution in [0, 0.1) is 5.92 Å². The van der Waals surface area contributed by atoms with Gasteiger partial charge in [0.05, 0.1) is 20.3 Å². The first-order chi connectivity index (χ1) is 11.1. The molecule has 1 fully saturated rings. The summed E-state index contributed by atoms with van der Waals surface area (Å²) in [5.74, 6) is 2.34. The van der Waals surface area contributed by atoms with Crippen LogP contribution in [0.1, 0.15) is 18.9 Å². The number of guanidine groups is 1. The van der Waals surface area contributed by atoms with Crippen LogP contribution in [0.3, 0.4) is 0 Å². The number of methoxy groups -OCH3 is 1. The van der Waals surface area contributed by atoms with Gasteiger partial charge in [0.1, 0.15) is 11.5 Å². The Morgan fingerprint density at radius 1 is 1.50 bits per heavy atom. The van der Waals surface area contributed by atoms with Crippen molar-refractivity contribution in [1.29, 1.82) is 0 Å². The molecule has 0 spiro atoms. The van der Waals surface area contributed by atoms with E-state index in [1.165, 1.54) is 0 Å². The fourth-order valence-electron chi connectivity index (χ4n) is 2.65. The van der Waals surface area contributed by atoms with E-state index in [-0.39, 0.29) is 29.7 Å². The van der Waals surface area contributed by atoms with Gasteiger partial charge in [0.15, 0.2) is 5.96 Å². The third kappa shape index (κ3) is 6.01. The van der Waals surface area contributed by atoms with Gasteiger partial charge in [-0.05, 0) is 31.5 Å². The van der Waals surface area contributed by atoms with Gasteiger partial charge in [0.2, 0.25) is 0 Å². The van der Waals surface area contributed by atoms with E-state index in [0.29, 0.717) is 12.5 Å². The van der Waals surface area contributed by atoms with Crippen LogP contribution in [0.5, 0.6) is 11.5 Å². The Morgan fingerprint density at radius 3 is 2.92 bits per heavy atom. The van der Waals surface area contributed by atoms with Crippen molar-refractivity contribution in [2.45, 2.75) is 19.9 Å². The number of nitrogens with zero attached hydrogens (tertiary/aromatic N) is 2. The van der Waals surface area contributed by atoms with Crippen LogP contribution in [0.25, 0.3) is 0 Å². The number of halogens is 1. The highest BCUT2D eigenvalue weighted by atomic mass is 127. The first-order valence-electron chi connectivity index (χ1n) is 8.07. The number of ether oxygens (including phenoxy) is 2. The molecule has 1 saturated heterocycles. The molecule has 0 radical (unpaired) electrons. The van der Waals surface area contributed by atoms with Crippen LogP contribution in [0.15, 0.2) is 23.2 Å². The molecule has 1 atom stereocenters. The number of aromatic hydroxyl groups is 1. The number of phenolic OH excluding ortho intramolecular Hbond substituents is 1. The molecule has 2 rings (SSSR count). The largest absolute Gasteiger partial charge is 0.508 e. The fraction of sp³-hybridized carbons (Fsp3) is 0.588. The van der Waals surface area contributed by atoms with E-state index in [1.54, 1.807) is 19.2 Å². The Balaban J connectivity index is 0.00000288. The van der Waals surface area contributed by atoms with E-state index >= 15 is 0 Å². The van der Waals surface area contributed by atoms with Gasteiger partial charge in [-0.1, -0.05) is 0 Å². The van der Waals surface area contributed by atoms with E-state index in [1.807, 2.05) is 20.0 Å². The number of phenols is 1. The number of nitrogens with one attached hydrogen (secondary N) is 1. The second-order valence-corrected chi connectivity index (χ2v) is 5.77. The van der Waals surface area contributed by atoms with Crippen molar-refractivity contribution in [2.24, 2.45) is 10.9 Å². The lowest BCUT2D eigenvalue weighted by atomic mass is 10.1. The first kappa shape index (κ1) is 20.8. The van der Waals surface area contributed by atoms with Crippen molar-refractivity contribution in [3.05, 3.63) is 23.8 Å². The van der Waals surface area contributed by atoms with E-state index in [0.717, 1.165) is 50.0 Å². The molecule has 2 N–H and O–H groups in total. The molecule has 1 aliphatic heterocycles. The maximum absolute atomic E-state index is 9.97. The van der Waals surface area contributed by atoms with Gasteiger partial charge in [-0.15, -0.1) is 24.0 Å². The maximum atomic E-state index is 9.97. The Hall–Kier alpha value is -1.22. The maximum Gasteiger partial charge on any atom is 0.193 e. The van der Waals surface area contributed by atoms with E-state index < -0.39 is 0 Å². The lowest BCUT2D eigenvalue weighted by Gasteiger charge is -2.24. The molecule has 0 aliphatic carbocycles. The second kappa shape index (κ2) is 10.6. The third-order valence-electron chi connectivity index (χ3n) is 3.94. The predicted molar refractivity (Wildman–Crippen MR) is 106 cm³/mol. The van der Waals surface area contributed by atoms with Crippen LogP contribution < -0.4 is 10.1 Å². The minimum absolute atomic E-state index is 0. The molecule has 1 aliphatic rings. The molecule has 24 heavy (non-hydrogen) atoms. The molecule has 0 saturated carbocycles. The molecule has 1 unspecified atom stereocenters. The van der Waals surface area contributed by atoms with E-state index in [4.69, 9.17) is 9.47 Å². The van der Waals surface area contributed by atoms with E-state index in [9.17, 15) is 5.11 Å². The average molecular weight is 449 g/mol. The molecule has 0 amide bonds. The monoisotopic (exact) mass is 449 g/mol. The summed E-state index contributed by atoms with van der Waals surface area (Å²) in [5, 5.41) is 13.3. The van der Waals surface area contributed by atoms with Crippen molar-refractivity contribution in [1.82, 2.24) is 10.2 Å². The highest BCUT2D eigenvalue weighted by molar-refractivity contribution is 14.0. The standard InChI is InChI=1S/C17H27N3O3.HI/c1-4-18-17(20(2)11-13-7-8-23-12-13)19-10-14-9-15(22-3)5-6-16(14)21;/h5-6,9,13,21H,4,7-8,10-12H2,1-3H3,(H,18,19);1H. The van der Waals surface area contributed by atoms with Gasteiger partial charge in [0.25, 0.3) is 0 Å². The molecule has 6 nitrogen and oxygen atoms in total. The molecule has 1 heterocycles. The number of aliphatic imine (C=N–C) groups is 1. The van der Waals surface area contributed by atoms with Gasteiger partial charge in [-0.25, -0.2) is 4.99 Å². The van der Waals surface area contributed by atoms with Crippen molar-refractivity contribution in [3.8, 4) is 11.5 Å². The highest BCUT2D eigenvalue weighted by Crippen LogP contribution is 2.23. The van der Waals surface area contributed by atoms with Crippen molar-refractivity contribution < 1.29 is 14.6 Å². The molecule has 7 heteroatoms. The minimum Gasteiger partial charge on any atom is -0.508 e. The average Bonchev–Trinajstić information content (AvgIpc) is 3.05. The summed E-state index contributed by atoms with van der Waals surface area (Å²) in [4.78, 5) is 6.76. The van der Waals surface area contributed by atoms with Gasteiger partial charge in [-0.3, -0.25) is 0 Å². The summed E-state index contributed by atoms with van der Waals surface area (Å²) in [6.07, 6.45) is 1.10. The normalized spacial score (nSPS) is 17.3. The molecular formula is C17H28IN3O3. The zero-order valence-electron chi connectivity index (χ0n) is 14.6. The lowest BCUT2D eigenvalue weighted by Crippen LogP contribution is -2.41. The summed E-state index contributed by atoms with van der Waals surface area (Å²) >= 11 is 0. The smallest absolute Gasteiger partial charge is 0.193 e. The van der Waals surface area contributed by atoms with Crippen LogP contribution in [-0.4, -0.2) is 56.4 Å². The zero-order valence-corrected chi connectivity index (χ0v) is 16.9. The fourth-order valence-corrected chi connectivity index (χ4v) is 2.65. The number of rotatable bonds is 6. The van der Waals surface area contributed by atoms with Crippen molar-refractivity contribution in [2.75, 3.05) is 40.5 Å². The molecule has 0 aromatic heterocycles.